The van der Waals surface area contributed by atoms with Crippen LogP contribution in [0, 0.1) is 5.92 Å². The lowest BCUT2D eigenvalue weighted by molar-refractivity contribution is -0.150. The van der Waals surface area contributed by atoms with Crippen molar-refractivity contribution in [1.29, 1.82) is 0 Å². The Labute approximate surface area is 103 Å². The standard InChI is InChI=1S/C13H23NO3/c1-13(2)11(12(15)16)6-3-7-14(13)9-10-5-4-8-17-10/h10-11H,3-9H2,1-2H3,(H,15,16). The molecule has 0 aromatic heterocycles. The first-order valence-electron chi connectivity index (χ1n) is 6.61. The van der Waals surface area contributed by atoms with Crippen molar-refractivity contribution in [3.8, 4) is 0 Å². The van der Waals surface area contributed by atoms with Gasteiger partial charge in [0.2, 0.25) is 0 Å². The highest BCUT2D eigenvalue weighted by Crippen LogP contribution is 2.34. The van der Waals surface area contributed by atoms with Crippen LogP contribution in [-0.2, 0) is 9.53 Å². The van der Waals surface area contributed by atoms with Crippen molar-refractivity contribution in [1.82, 2.24) is 4.90 Å². The van der Waals surface area contributed by atoms with Crippen LogP contribution in [0.25, 0.3) is 0 Å². The summed E-state index contributed by atoms with van der Waals surface area (Å²) in [6.07, 6.45) is 4.34. The topological polar surface area (TPSA) is 49.8 Å². The zero-order valence-electron chi connectivity index (χ0n) is 10.8. The van der Waals surface area contributed by atoms with E-state index >= 15 is 0 Å². The Balaban J connectivity index is 2.02. The summed E-state index contributed by atoms with van der Waals surface area (Å²) in [6, 6.07) is 0. The number of ether oxygens (including phenoxy) is 1. The fourth-order valence-corrected chi connectivity index (χ4v) is 3.13. The SMILES string of the molecule is CC1(C)C(C(=O)O)CCCN1CC1CCCO1. The summed E-state index contributed by atoms with van der Waals surface area (Å²) in [5, 5.41) is 9.29. The molecule has 0 bridgehead atoms. The molecule has 2 atom stereocenters. The van der Waals surface area contributed by atoms with Crippen molar-refractivity contribution in [3.05, 3.63) is 0 Å². The molecule has 2 rings (SSSR count). The van der Waals surface area contributed by atoms with Gasteiger partial charge in [0, 0.05) is 18.7 Å². The van der Waals surface area contributed by atoms with E-state index in [1.807, 2.05) is 0 Å². The number of rotatable bonds is 3. The number of hydrogen-bond acceptors (Lipinski definition) is 3. The van der Waals surface area contributed by atoms with E-state index in [4.69, 9.17) is 4.74 Å². The number of carboxylic acids is 1. The molecule has 4 nitrogen and oxygen atoms in total. The molecule has 4 heteroatoms. The zero-order chi connectivity index (χ0) is 12.5. The third-order valence-electron chi connectivity index (χ3n) is 4.33. The molecule has 0 aromatic carbocycles. The molecule has 2 fully saturated rings. The molecule has 0 aromatic rings. The van der Waals surface area contributed by atoms with Crippen LogP contribution in [0.15, 0.2) is 0 Å². The number of nitrogens with zero attached hydrogens (tertiary/aromatic N) is 1. The largest absolute Gasteiger partial charge is 0.481 e. The van der Waals surface area contributed by atoms with Crippen molar-refractivity contribution in [3.63, 3.8) is 0 Å². The van der Waals surface area contributed by atoms with Crippen LogP contribution >= 0.6 is 0 Å². The van der Waals surface area contributed by atoms with E-state index in [2.05, 4.69) is 18.7 Å². The normalized spacial score (nSPS) is 33.8. The molecular weight excluding hydrogens is 218 g/mol. The second kappa shape index (κ2) is 4.94. The van der Waals surface area contributed by atoms with Gasteiger partial charge in [-0.3, -0.25) is 9.69 Å². The second-order valence-corrected chi connectivity index (χ2v) is 5.77. The lowest BCUT2D eigenvalue weighted by Gasteiger charge is -2.47. The van der Waals surface area contributed by atoms with Gasteiger partial charge in [-0.05, 0) is 46.1 Å². The van der Waals surface area contributed by atoms with Crippen LogP contribution in [0.3, 0.4) is 0 Å². The van der Waals surface area contributed by atoms with Crippen LogP contribution in [0.5, 0.6) is 0 Å². The third kappa shape index (κ3) is 2.63. The number of carbonyl (C=O) groups is 1. The van der Waals surface area contributed by atoms with Crippen molar-refractivity contribution in [2.24, 2.45) is 5.92 Å². The highest BCUT2D eigenvalue weighted by atomic mass is 16.5. The van der Waals surface area contributed by atoms with E-state index in [0.29, 0.717) is 6.10 Å². The maximum absolute atomic E-state index is 11.3. The van der Waals surface area contributed by atoms with Crippen LogP contribution in [-0.4, -0.2) is 47.3 Å². The van der Waals surface area contributed by atoms with Crippen LogP contribution in [0.1, 0.15) is 39.5 Å². The minimum atomic E-state index is -0.660. The Hall–Kier alpha value is -0.610. The van der Waals surface area contributed by atoms with E-state index in [0.717, 1.165) is 45.4 Å². The van der Waals surface area contributed by atoms with Crippen LogP contribution < -0.4 is 0 Å². The average molecular weight is 241 g/mol. The second-order valence-electron chi connectivity index (χ2n) is 5.77. The summed E-state index contributed by atoms with van der Waals surface area (Å²) in [7, 11) is 0. The molecule has 0 radical (unpaired) electrons. The molecule has 1 N–H and O–H groups in total. The highest BCUT2D eigenvalue weighted by molar-refractivity contribution is 5.71. The van der Waals surface area contributed by atoms with E-state index in [1.165, 1.54) is 0 Å². The molecule has 2 saturated heterocycles. The molecule has 0 saturated carbocycles. The quantitative estimate of drug-likeness (QED) is 0.817. The van der Waals surface area contributed by atoms with E-state index < -0.39 is 5.97 Å². The molecule has 0 amide bonds. The van der Waals surface area contributed by atoms with Gasteiger partial charge in [0.15, 0.2) is 0 Å². The molecule has 0 aliphatic carbocycles. The summed E-state index contributed by atoms with van der Waals surface area (Å²) in [6.45, 7) is 6.86. The Morgan fingerprint density at radius 2 is 2.18 bits per heavy atom. The molecular formula is C13H23NO3. The monoisotopic (exact) mass is 241 g/mol. The fourth-order valence-electron chi connectivity index (χ4n) is 3.13. The number of aliphatic carboxylic acids is 1. The minimum Gasteiger partial charge on any atom is -0.481 e. The minimum absolute atomic E-state index is 0.252. The molecule has 2 heterocycles. The van der Waals surface area contributed by atoms with Crippen LogP contribution in [0.2, 0.25) is 0 Å². The van der Waals surface area contributed by atoms with Gasteiger partial charge < -0.3 is 9.84 Å². The van der Waals surface area contributed by atoms with Crippen molar-refractivity contribution in [2.75, 3.05) is 19.7 Å². The predicted molar refractivity (Wildman–Crippen MR) is 65.0 cm³/mol. The number of carboxylic acid groups (broad SMARTS) is 1. The summed E-state index contributed by atoms with van der Waals surface area (Å²) in [5.74, 6) is -0.912. The maximum Gasteiger partial charge on any atom is 0.308 e. The number of piperidine rings is 1. The van der Waals surface area contributed by atoms with Crippen molar-refractivity contribution in [2.45, 2.75) is 51.2 Å². The first kappa shape index (κ1) is 12.8. The lowest BCUT2D eigenvalue weighted by Crippen LogP contribution is -2.57. The summed E-state index contributed by atoms with van der Waals surface area (Å²) < 4.78 is 5.66. The number of likely N-dealkylation sites (tertiary alicyclic amines) is 1. The molecule has 0 spiro atoms. The molecule has 2 unspecified atom stereocenters. The summed E-state index contributed by atoms with van der Waals surface area (Å²) >= 11 is 0. The van der Waals surface area contributed by atoms with Gasteiger partial charge >= 0.3 is 5.97 Å². The smallest absolute Gasteiger partial charge is 0.308 e. The van der Waals surface area contributed by atoms with Gasteiger partial charge in [0.25, 0.3) is 0 Å². The van der Waals surface area contributed by atoms with Gasteiger partial charge in [0.1, 0.15) is 0 Å². The Kier molecular flexibility index (Phi) is 3.73. The molecule has 98 valence electrons. The zero-order valence-corrected chi connectivity index (χ0v) is 10.8. The van der Waals surface area contributed by atoms with Gasteiger partial charge in [-0.2, -0.15) is 0 Å². The van der Waals surface area contributed by atoms with Crippen molar-refractivity contribution < 1.29 is 14.6 Å². The van der Waals surface area contributed by atoms with Gasteiger partial charge in [-0.25, -0.2) is 0 Å². The Bertz CT molecular complexity index is 284. The third-order valence-corrected chi connectivity index (χ3v) is 4.33. The maximum atomic E-state index is 11.3. The first-order valence-corrected chi connectivity index (χ1v) is 6.61. The van der Waals surface area contributed by atoms with Gasteiger partial charge in [-0.15, -0.1) is 0 Å². The van der Waals surface area contributed by atoms with Crippen LogP contribution in [0.4, 0.5) is 0 Å². The van der Waals surface area contributed by atoms with Gasteiger partial charge in [-0.1, -0.05) is 0 Å². The van der Waals surface area contributed by atoms with E-state index in [-0.39, 0.29) is 11.5 Å². The average Bonchev–Trinajstić information content (AvgIpc) is 2.73. The first-order chi connectivity index (χ1) is 8.01. The molecule has 2 aliphatic rings. The van der Waals surface area contributed by atoms with E-state index in [9.17, 15) is 9.90 Å². The van der Waals surface area contributed by atoms with Gasteiger partial charge in [0.05, 0.1) is 12.0 Å². The summed E-state index contributed by atoms with van der Waals surface area (Å²) in [4.78, 5) is 13.6. The molecule has 2 aliphatic heterocycles. The summed E-state index contributed by atoms with van der Waals surface area (Å²) in [5.41, 5.74) is -0.254. The fraction of sp³-hybridized carbons (Fsp3) is 0.923. The Morgan fingerprint density at radius 3 is 2.76 bits per heavy atom. The lowest BCUT2D eigenvalue weighted by atomic mass is 9.79. The molecule has 17 heavy (non-hydrogen) atoms. The Morgan fingerprint density at radius 1 is 1.41 bits per heavy atom. The predicted octanol–water partition coefficient (Wildman–Crippen LogP) is 1.74. The van der Waals surface area contributed by atoms with E-state index in [1.54, 1.807) is 0 Å². The number of hydrogen-bond donors (Lipinski definition) is 1. The van der Waals surface area contributed by atoms with Crippen molar-refractivity contribution >= 4 is 5.97 Å². The highest BCUT2D eigenvalue weighted by Gasteiger charge is 2.43.